The zero-order valence-electron chi connectivity index (χ0n) is 18.6. The molecule has 0 aliphatic carbocycles. The van der Waals surface area contributed by atoms with Crippen LogP contribution in [-0.2, 0) is 13.0 Å². The molecule has 170 valence electrons. The smallest absolute Gasteiger partial charge is 0.335 e. The lowest BCUT2D eigenvalue weighted by Gasteiger charge is -2.15. The van der Waals surface area contributed by atoms with E-state index in [-0.39, 0.29) is 29.3 Å². The molecule has 4 aromatic rings. The van der Waals surface area contributed by atoms with Gasteiger partial charge in [-0.3, -0.25) is 9.78 Å². The number of carbonyl (C=O) groups excluding carboxylic acids is 1. The summed E-state index contributed by atoms with van der Waals surface area (Å²) in [6, 6.07) is 21.6. The molecule has 0 saturated carbocycles. The summed E-state index contributed by atoms with van der Waals surface area (Å²) in [5, 5.41) is 19.8. The summed E-state index contributed by atoms with van der Waals surface area (Å²) in [6.45, 7) is 1.69. The number of aromatic nitrogens is 1. The lowest BCUT2D eigenvalue weighted by atomic mass is 9.99. The van der Waals surface area contributed by atoms with E-state index in [0.29, 0.717) is 23.3 Å². The number of ketones is 1. The van der Waals surface area contributed by atoms with Gasteiger partial charge >= 0.3 is 5.97 Å². The van der Waals surface area contributed by atoms with Crippen LogP contribution in [-0.4, -0.2) is 26.9 Å². The standard InChI is InChI=1S/C28H23NO5/c1-18(30)24-10-11-25(26(27(24)31)22-12-14-29-15-13-22)34-17-21-4-2-19(3-5-21)16-20-6-8-23(9-7-20)28(32)33/h2-15,31H,16-17H2,1H3,(H,32,33). The van der Waals surface area contributed by atoms with Gasteiger partial charge in [-0.25, -0.2) is 4.79 Å². The maximum atomic E-state index is 11.9. The van der Waals surface area contributed by atoms with Crippen molar-refractivity contribution in [2.45, 2.75) is 20.0 Å². The van der Waals surface area contributed by atoms with Crippen molar-refractivity contribution in [2.24, 2.45) is 0 Å². The van der Waals surface area contributed by atoms with Gasteiger partial charge in [0.25, 0.3) is 0 Å². The van der Waals surface area contributed by atoms with Gasteiger partial charge in [0, 0.05) is 12.4 Å². The lowest BCUT2D eigenvalue weighted by Crippen LogP contribution is -2.01. The molecule has 1 heterocycles. The van der Waals surface area contributed by atoms with Gasteiger partial charge in [-0.05, 0) is 72.0 Å². The Kier molecular flexibility index (Phi) is 6.69. The summed E-state index contributed by atoms with van der Waals surface area (Å²) >= 11 is 0. The normalized spacial score (nSPS) is 10.6. The van der Waals surface area contributed by atoms with Gasteiger partial charge in [-0.2, -0.15) is 0 Å². The van der Waals surface area contributed by atoms with Crippen LogP contribution in [0.15, 0.2) is 85.2 Å². The number of hydrogen-bond donors (Lipinski definition) is 2. The molecule has 0 unspecified atom stereocenters. The predicted molar refractivity (Wildman–Crippen MR) is 128 cm³/mol. The number of carbonyl (C=O) groups is 2. The number of phenols is 1. The number of phenolic OH excluding ortho intramolecular Hbond substituents is 1. The summed E-state index contributed by atoms with van der Waals surface area (Å²) in [7, 11) is 0. The molecule has 0 atom stereocenters. The van der Waals surface area contributed by atoms with E-state index in [1.807, 2.05) is 36.4 Å². The van der Waals surface area contributed by atoms with E-state index in [4.69, 9.17) is 9.84 Å². The van der Waals surface area contributed by atoms with Gasteiger partial charge in [0.1, 0.15) is 18.1 Å². The summed E-state index contributed by atoms with van der Waals surface area (Å²) in [4.78, 5) is 26.9. The summed E-state index contributed by atoms with van der Waals surface area (Å²) in [6.07, 6.45) is 3.92. The fourth-order valence-corrected chi connectivity index (χ4v) is 3.69. The number of pyridine rings is 1. The number of nitrogens with zero attached hydrogens (tertiary/aromatic N) is 1. The minimum atomic E-state index is -0.938. The van der Waals surface area contributed by atoms with Gasteiger partial charge < -0.3 is 14.9 Å². The molecule has 0 spiro atoms. The lowest BCUT2D eigenvalue weighted by molar-refractivity contribution is 0.0696. The van der Waals surface area contributed by atoms with Crippen LogP contribution in [0.5, 0.6) is 11.5 Å². The average Bonchev–Trinajstić information content (AvgIpc) is 2.84. The highest BCUT2D eigenvalue weighted by Crippen LogP contribution is 2.40. The summed E-state index contributed by atoms with van der Waals surface area (Å²) in [5.41, 5.74) is 4.72. The van der Waals surface area contributed by atoms with Gasteiger partial charge in [0.05, 0.1) is 16.7 Å². The van der Waals surface area contributed by atoms with Gasteiger partial charge in [0.15, 0.2) is 5.78 Å². The molecule has 0 fully saturated rings. The summed E-state index contributed by atoms with van der Waals surface area (Å²) < 4.78 is 6.04. The van der Waals surface area contributed by atoms with Crippen molar-refractivity contribution in [1.82, 2.24) is 4.98 Å². The molecule has 1 aromatic heterocycles. The number of carboxylic acid groups (broad SMARTS) is 1. The number of aromatic carboxylic acids is 1. The zero-order chi connectivity index (χ0) is 24.1. The minimum Gasteiger partial charge on any atom is -0.506 e. The van der Waals surface area contributed by atoms with E-state index >= 15 is 0 Å². The Morgan fingerprint density at radius 1 is 0.824 bits per heavy atom. The van der Waals surface area contributed by atoms with Crippen LogP contribution in [0, 0.1) is 0 Å². The molecule has 0 bridgehead atoms. The second kappa shape index (κ2) is 10.0. The molecular formula is C28H23NO5. The van der Waals surface area contributed by atoms with Crippen molar-refractivity contribution in [3.8, 4) is 22.6 Å². The Bertz CT molecular complexity index is 1310. The average molecular weight is 453 g/mol. The van der Waals surface area contributed by atoms with Crippen LogP contribution < -0.4 is 4.74 Å². The SMILES string of the molecule is CC(=O)c1ccc(OCc2ccc(Cc3ccc(C(=O)O)cc3)cc2)c(-c2ccncc2)c1O. The monoisotopic (exact) mass is 453 g/mol. The third kappa shape index (κ3) is 5.13. The second-order valence-corrected chi connectivity index (χ2v) is 7.91. The van der Waals surface area contributed by atoms with Crippen LogP contribution in [0.3, 0.4) is 0 Å². The van der Waals surface area contributed by atoms with Gasteiger partial charge in [-0.1, -0.05) is 36.4 Å². The highest BCUT2D eigenvalue weighted by atomic mass is 16.5. The van der Waals surface area contributed by atoms with Crippen LogP contribution in [0.4, 0.5) is 0 Å². The summed E-state index contributed by atoms with van der Waals surface area (Å²) in [5.74, 6) is -0.809. The van der Waals surface area contributed by atoms with Crippen LogP contribution in [0.25, 0.3) is 11.1 Å². The second-order valence-electron chi connectivity index (χ2n) is 7.91. The van der Waals surface area contributed by atoms with E-state index in [0.717, 1.165) is 16.7 Å². The van der Waals surface area contributed by atoms with Crippen molar-refractivity contribution in [3.05, 3.63) is 113 Å². The maximum absolute atomic E-state index is 11.9. The first kappa shape index (κ1) is 22.7. The number of aromatic hydroxyl groups is 1. The van der Waals surface area contributed by atoms with Crippen molar-refractivity contribution in [1.29, 1.82) is 0 Å². The van der Waals surface area contributed by atoms with Crippen molar-refractivity contribution in [2.75, 3.05) is 0 Å². The Labute approximate surface area is 197 Å². The fourth-order valence-electron chi connectivity index (χ4n) is 3.69. The number of Topliss-reactive ketones (excluding diaryl/α,β-unsaturated/α-hetero) is 1. The van der Waals surface area contributed by atoms with Gasteiger partial charge in [0.2, 0.25) is 0 Å². The zero-order valence-corrected chi connectivity index (χ0v) is 18.6. The molecule has 4 rings (SSSR count). The number of rotatable bonds is 8. The van der Waals surface area contributed by atoms with Crippen molar-refractivity contribution in [3.63, 3.8) is 0 Å². The molecule has 2 N–H and O–H groups in total. The van der Waals surface area contributed by atoms with Crippen LogP contribution >= 0.6 is 0 Å². The van der Waals surface area contributed by atoms with Crippen LogP contribution in [0.1, 0.15) is 44.3 Å². The molecule has 0 saturated heterocycles. The Morgan fingerprint density at radius 3 is 2.00 bits per heavy atom. The van der Waals surface area contributed by atoms with E-state index in [2.05, 4.69) is 4.98 Å². The molecular weight excluding hydrogens is 430 g/mol. The van der Waals surface area contributed by atoms with Gasteiger partial charge in [-0.15, -0.1) is 0 Å². The third-order valence-electron chi connectivity index (χ3n) is 5.51. The predicted octanol–water partition coefficient (Wildman–Crippen LogP) is 5.52. The molecule has 0 aliphatic rings. The van der Waals surface area contributed by atoms with E-state index in [9.17, 15) is 14.7 Å². The largest absolute Gasteiger partial charge is 0.506 e. The number of carboxylic acids is 1. The van der Waals surface area contributed by atoms with Crippen LogP contribution in [0.2, 0.25) is 0 Å². The number of benzene rings is 3. The number of ether oxygens (including phenoxy) is 1. The molecule has 6 nitrogen and oxygen atoms in total. The first-order valence-electron chi connectivity index (χ1n) is 10.7. The highest BCUT2D eigenvalue weighted by molar-refractivity contribution is 6.00. The quantitative estimate of drug-likeness (QED) is 0.341. The minimum absolute atomic E-state index is 0.111. The Hall–Kier alpha value is -4.45. The van der Waals surface area contributed by atoms with Crippen molar-refractivity contribution < 1.29 is 24.5 Å². The van der Waals surface area contributed by atoms with E-state index in [1.54, 1.807) is 48.8 Å². The Balaban J connectivity index is 1.50. The first-order valence-corrected chi connectivity index (χ1v) is 10.7. The maximum Gasteiger partial charge on any atom is 0.335 e. The van der Waals surface area contributed by atoms with E-state index < -0.39 is 5.97 Å². The Morgan fingerprint density at radius 2 is 1.41 bits per heavy atom. The molecule has 6 heteroatoms. The molecule has 34 heavy (non-hydrogen) atoms. The topological polar surface area (TPSA) is 96.7 Å². The highest BCUT2D eigenvalue weighted by Gasteiger charge is 2.18. The number of hydrogen-bond acceptors (Lipinski definition) is 5. The molecule has 3 aromatic carbocycles. The molecule has 0 amide bonds. The first-order chi connectivity index (χ1) is 16.4. The fraction of sp³-hybridized carbons (Fsp3) is 0.107. The van der Waals surface area contributed by atoms with Crippen molar-refractivity contribution >= 4 is 11.8 Å². The molecule has 0 radical (unpaired) electrons. The molecule has 0 aliphatic heterocycles. The van der Waals surface area contributed by atoms with E-state index in [1.165, 1.54) is 6.92 Å². The third-order valence-corrected chi connectivity index (χ3v) is 5.51.